The molecule has 0 aromatic heterocycles. The topological polar surface area (TPSA) is 76.0 Å². The first-order valence-electron chi connectivity index (χ1n) is 9.48. The summed E-state index contributed by atoms with van der Waals surface area (Å²) in [6.07, 6.45) is 10.0. The molecule has 1 rings (SSSR count). The van der Waals surface area contributed by atoms with E-state index in [9.17, 15) is 9.90 Å². The molecule has 0 fully saturated rings. The van der Waals surface area contributed by atoms with Crippen LogP contribution in [0.1, 0.15) is 77.2 Å². The highest BCUT2D eigenvalue weighted by Gasteiger charge is 2.17. The van der Waals surface area contributed by atoms with Crippen molar-refractivity contribution >= 4 is 6.16 Å². The minimum Gasteiger partial charge on any atom is -0.502 e. The molecule has 0 atom stereocenters. The average Bonchev–Trinajstić information content (AvgIpc) is 2.58. The number of carboxylic acid groups (broad SMARTS) is 1. The van der Waals surface area contributed by atoms with Crippen LogP contribution in [-0.2, 0) is 6.42 Å². The highest BCUT2D eigenvalue weighted by Crippen LogP contribution is 2.40. The molecule has 0 saturated carbocycles. The molecule has 0 aliphatic rings. The summed E-state index contributed by atoms with van der Waals surface area (Å²) >= 11 is 0. The Morgan fingerprint density at radius 1 is 0.960 bits per heavy atom. The van der Waals surface area contributed by atoms with E-state index >= 15 is 0 Å². The molecule has 1 aromatic carbocycles. The highest BCUT2D eigenvalue weighted by atomic mass is 16.7. The molecule has 142 valence electrons. The van der Waals surface area contributed by atoms with E-state index in [1.54, 1.807) is 6.07 Å². The van der Waals surface area contributed by atoms with Gasteiger partial charge in [0.2, 0.25) is 5.75 Å². The number of rotatable bonds is 13. The molecule has 5 nitrogen and oxygen atoms in total. The van der Waals surface area contributed by atoms with E-state index in [-0.39, 0.29) is 11.5 Å². The number of carbonyl (C=O) groups is 1. The molecule has 0 aliphatic heterocycles. The number of unbranched alkanes of at least 4 members (excludes halogenated alkanes) is 7. The van der Waals surface area contributed by atoms with Crippen molar-refractivity contribution in [1.29, 1.82) is 0 Å². The van der Waals surface area contributed by atoms with Crippen LogP contribution in [0.5, 0.6) is 17.2 Å². The summed E-state index contributed by atoms with van der Waals surface area (Å²) < 4.78 is 10.2. The van der Waals surface area contributed by atoms with Gasteiger partial charge < -0.3 is 19.7 Å². The van der Waals surface area contributed by atoms with Gasteiger partial charge in [0.25, 0.3) is 0 Å². The van der Waals surface area contributed by atoms with Crippen LogP contribution in [0.4, 0.5) is 4.79 Å². The number of ether oxygens (including phenoxy) is 2. The predicted molar refractivity (Wildman–Crippen MR) is 98.9 cm³/mol. The number of hydrogen-bond donors (Lipinski definition) is 2. The van der Waals surface area contributed by atoms with Crippen LogP contribution in [0.2, 0.25) is 0 Å². The Bertz CT molecular complexity index is 513. The van der Waals surface area contributed by atoms with Gasteiger partial charge in [-0.15, -0.1) is 0 Å². The molecule has 0 radical (unpaired) electrons. The van der Waals surface area contributed by atoms with Gasteiger partial charge >= 0.3 is 6.16 Å². The van der Waals surface area contributed by atoms with Crippen LogP contribution in [0.3, 0.4) is 0 Å². The van der Waals surface area contributed by atoms with E-state index in [0.717, 1.165) is 31.2 Å². The maximum Gasteiger partial charge on any atom is 0.511 e. The number of aromatic hydroxyl groups is 1. The van der Waals surface area contributed by atoms with Gasteiger partial charge in [-0.3, -0.25) is 0 Å². The second kappa shape index (κ2) is 12.5. The van der Waals surface area contributed by atoms with Gasteiger partial charge in [-0.2, -0.15) is 0 Å². The third kappa shape index (κ3) is 8.14. The fourth-order valence-corrected chi connectivity index (χ4v) is 2.78. The van der Waals surface area contributed by atoms with Crippen molar-refractivity contribution in [2.45, 2.75) is 78.1 Å². The minimum atomic E-state index is -1.45. The minimum absolute atomic E-state index is 0.0849. The number of benzene rings is 1. The van der Waals surface area contributed by atoms with E-state index in [2.05, 4.69) is 11.7 Å². The van der Waals surface area contributed by atoms with Crippen LogP contribution in [0.25, 0.3) is 0 Å². The smallest absolute Gasteiger partial charge is 0.502 e. The van der Waals surface area contributed by atoms with Crippen LogP contribution >= 0.6 is 0 Å². The molecule has 0 aliphatic carbocycles. The fraction of sp³-hybridized carbons (Fsp3) is 0.650. The average molecular weight is 352 g/mol. The SMILES string of the molecule is CCCCCCCCCCc1ccc(OC(=O)O)c(O)c1OCCC. The van der Waals surface area contributed by atoms with Crippen molar-refractivity contribution in [3.63, 3.8) is 0 Å². The summed E-state index contributed by atoms with van der Waals surface area (Å²) in [4.78, 5) is 10.7. The van der Waals surface area contributed by atoms with Crippen LogP contribution < -0.4 is 9.47 Å². The third-order valence-electron chi connectivity index (χ3n) is 4.12. The van der Waals surface area contributed by atoms with Gasteiger partial charge in [-0.05, 0) is 30.9 Å². The molecule has 2 N–H and O–H groups in total. The number of phenols is 1. The zero-order valence-electron chi connectivity index (χ0n) is 15.6. The Morgan fingerprint density at radius 3 is 2.20 bits per heavy atom. The predicted octanol–water partition coefficient (Wildman–Crippen LogP) is 5.92. The summed E-state index contributed by atoms with van der Waals surface area (Å²) in [5, 5.41) is 19.0. The summed E-state index contributed by atoms with van der Waals surface area (Å²) in [6, 6.07) is 3.27. The van der Waals surface area contributed by atoms with Crippen molar-refractivity contribution in [2.75, 3.05) is 6.61 Å². The maximum atomic E-state index is 10.7. The van der Waals surface area contributed by atoms with Crippen molar-refractivity contribution < 1.29 is 24.5 Å². The van der Waals surface area contributed by atoms with Crippen molar-refractivity contribution in [1.82, 2.24) is 0 Å². The molecule has 0 unspecified atom stereocenters. The molecule has 0 heterocycles. The van der Waals surface area contributed by atoms with Crippen molar-refractivity contribution in [2.24, 2.45) is 0 Å². The second-order valence-electron chi connectivity index (χ2n) is 6.34. The van der Waals surface area contributed by atoms with Gasteiger partial charge in [-0.25, -0.2) is 4.79 Å². The monoisotopic (exact) mass is 352 g/mol. The first kappa shape index (κ1) is 21.1. The summed E-state index contributed by atoms with van der Waals surface area (Å²) in [6.45, 7) is 4.67. The van der Waals surface area contributed by atoms with E-state index in [1.807, 2.05) is 6.92 Å². The van der Waals surface area contributed by atoms with Gasteiger partial charge in [-0.1, -0.05) is 64.9 Å². The Kier molecular flexibility index (Phi) is 10.5. The van der Waals surface area contributed by atoms with E-state index in [0.29, 0.717) is 12.4 Å². The van der Waals surface area contributed by atoms with Gasteiger partial charge in [0.1, 0.15) is 0 Å². The van der Waals surface area contributed by atoms with Gasteiger partial charge in [0.15, 0.2) is 11.5 Å². The standard InChI is InChI=1S/C20H32O5/c1-3-5-6-7-8-9-10-11-12-16-13-14-17(25-20(22)23)18(21)19(16)24-15-4-2/h13-14,21H,3-12,15H2,1-2H3,(H,22,23). The largest absolute Gasteiger partial charge is 0.511 e. The molecule has 0 saturated heterocycles. The summed E-state index contributed by atoms with van der Waals surface area (Å²) in [7, 11) is 0. The lowest BCUT2D eigenvalue weighted by Crippen LogP contribution is -2.05. The molecule has 0 bridgehead atoms. The highest BCUT2D eigenvalue weighted by molar-refractivity contribution is 5.65. The van der Waals surface area contributed by atoms with Crippen LogP contribution in [-0.4, -0.2) is 23.0 Å². The quantitative estimate of drug-likeness (QED) is 0.262. The Labute approximate surface area is 151 Å². The first-order valence-corrected chi connectivity index (χ1v) is 9.48. The zero-order valence-corrected chi connectivity index (χ0v) is 15.6. The Balaban J connectivity index is 2.56. The number of phenolic OH excluding ortho intramolecular Hbond substituents is 1. The number of hydrogen-bond acceptors (Lipinski definition) is 4. The normalized spacial score (nSPS) is 10.6. The Morgan fingerprint density at radius 2 is 1.60 bits per heavy atom. The molecular weight excluding hydrogens is 320 g/mol. The maximum absolute atomic E-state index is 10.7. The summed E-state index contributed by atoms with van der Waals surface area (Å²) in [5.41, 5.74) is 0.898. The first-order chi connectivity index (χ1) is 12.1. The lowest BCUT2D eigenvalue weighted by atomic mass is 10.0. The Hall–Kier alpha value is -1.91. The van der Waals surface area contributed by atoms with E-state index in [4.69, 9.17) is 9.84 Å². The molecule has 25 heavy (non-hydrogen) atoms. The molecular formula is C20H32O5. The summed E-state index contributed by atoms with van der Waals surface area (Å²) in [5.74, 6) is 0.0368. The zero-order chi connectivity index (χ0) is 18.5. The third-order valence-corrected chi connectivity index (χ3v) is 4.12. The fourth-order valence-electron chi connectivity index (χ4n) is 2.78. The van der Waals surface area contributed by atoms with Crippen LogP contribution in [0.15, 0.2) is 12.1 Å². The second-order valence-corrected chi connectivity index (χ2v) is 6.34. The van der Waals surface area contributed by atoms with Crippen LogP contribution in [0, 0.1) is 0 Å². The van der Waals surface area contributed by atoms with E-state index in [1.165, 1.54) is 44.6 Å². The molecule has 0 spiro atoms. The van der Waals surface area contributed by atoms with E-state index < -0.39 is 6.16 Å². The molecule has 0 amide bonds. The lowest BCUT2D eigenvalue weighted by Gasteiger charge is -2.15. The van der Waals surface area contributed by atoms with Gasteiger partial charge in [0.05, 0.1) is 6.61 Å². The molecule has 1 aromatic rings. The lowest BCUT2D eigenvalue weighted by molar-refractivity contribution is 0.142. The molecule has 5 heteroatoms. The van der Waals surface area contributed by atoms with Crippen molar-refractivity contribution in [3.05, 3.63) is 17.7 Å². The number of aryl methyl sites for hydroxylation is 1. The van der Waals surface area contributed by atoms with Crippen molar-refractivity contribution in [3.8, 4) is 17.2 Å². The van der Waals surface area contributed by atoms with Gasteiger partial charge in [0, 0.05) is 0 Å².